The van der Waals surface area contributed by atoms with Crippen molar-refractivity contribution < 1.29 is 22.7 Å². The summed E-state index contributed by atoms with van der Waals surface area (Å²) < 4.78 is 40.3. The number of pyridine rings is 1. The molecule has 0 fully saturated rings. The highest BCUT2D eigenvalue weighted by atomic mass is 35.5. The van der Waals surface area contributed by atoms with Gasteiger partial charge in [-0.2, -0.15) is 0 Å². The number of anilines is 1. The van der Waals surface area contributed by atoms with Crippen LogP contribution < -0.4 is 10.1 Å². The van der Waals surface area contributed by atoms with Gasteiger partial charge >= 0.3 is 6.36 Å². The maximum Gasteiger partial charge on any atom is 0.573 e. The lowest BCUT2D eigenvalue weighted by atomic mass is 10.0. The quantitative estimate of drug-likeness (QED) is 0.633. The molecule has 0 atom stereocenters. The van der Waals surface area contributed by atoms with Crippen LogP contribution in [0.1, 0.15) is 10.4 Å². The minimum Gasteiger partial charge on any atom is -0.406 e. The molecular formula is C19H12ClF3N2O2. The summed E-state index contributed by atoms with van der Waals surface area (Å²) in [4.78, 5) is 16.5. The van der Waals surface area contributed by atoms with Crippen LogP contribution in [-0.4, -0.2) is 17.3 Å². The van der Waals surface area contributed by atoms with Crippen molar-refractivity contribution in [1.82, 2.24) is 4.98 Å². The van der Waals surface area contributed by atoms with Crippen molar-refractivity contribution in [1.29, 1.82) is 0 Å². The van der Waals surface area contributed by atoms with Gasteiger partial charge in [0.05, 0.1) is 0 Å². The molecule has 4 nitrogen and oxygen atoms in total. The molecule has 1 amide bonds. The third-order valence-corrected chi connectivity index (χ3v) is 3.88. The number of ether oxygens (including phenoxy) is 1. The van der Waals surface area contributed by atoms with E-state index in [0.717, 1.165) is 17.7 Å². The van der Waals surface area contributed by atoms with Crippen LogP contribution in [0.15, 0.2) is 67.0 Å². The summed E-state index contributed by atoms with van der Waals surface area (Å²) in [6.07, 6.45) is -1.51. The lowest BCUT2D eigenvalue weighted by Gasteiger charge is -2.11. The van der Waals surface area contributed by atoms with E-state index in [1.807, 2.05) is 6.07 Å². The van der Waals surface area contributed by atoms with Crippen LogP contribution in [-0.2, 0) is 0 Å². The van der Waals surface area contributed by atoms with E-state index in [9.17, 15) is 18.0 Å². The van der Waals surface area contributed by atoms with Gasteiger partial charge < -0.3 is 10.1 Å². The van der Waals surface area contributed by atoms with E-state index in [4.69, 9.17) is 11.6 Å². The number of rotatable bonds is 4. The van der Waals surface area contributed by atoms with Crippen molar-refractivity contribution in [3.63, 3.8) is 0 Å². The van der Waals surface area contributed by atoms with Gasteiger partial charge in [0.1, 0.15) is 5.75 Å². The van der Waals surface area contributed by atoms with Gasteiger partial charge in [0.25, 0.3) is 5.91 Å². The number of hydrogen-bond acceptors (Lipinski definition) is 3. The summed E-state index contributed by atoms with van der Waals surface area (Å²) in [5.41, 5.74) is 2.07. The van der Waals surface area contributed by atoms with Crippen molar-refractivity contribution in [2.75, 3.05) is 5.32 Å². The van der Waals surface area contributed by atoms with E-state index in [0.29, 0.717) is 21.8 Å². The Bertz CT molecular complexity index is 945. The van der Waals surface area contributed by atoms with Gasteiger partial charge in [-0.1, -0.05) is 17.7 Å². The van der Waals surface area contributed by atoms with E-state index in [-0.39, 0.29) is 5.75 Å². The second-order valence-corrected chi connectivity index (χ2v) is 5.87. The van der Waals surface area contributed by atoms with E-state index >= 15 is 0 Å². The first kappa shape index (κ1) is 18.7. The molecule has 27 heavy (non-hydrogen) atoms. The number of amides is 1. The van der Waals surface area contributed by atoms with E-state index in [2.05, 4.69) is 15.0 Å². The number of nitrogens with zero attached hydrogens (tertiary/aromatic N) is 1. The van der Waals surface area contributed by atoms with Crippen molar-refractivity contribution >= 4 is 23.2 Å². The third kappa shape index (κ3) is 4.98. The molecule has 3 rings (SSSR count). The fourth-order valence-corrected chi connectivity index (χ4v) is 2.58. The standard InChI is InChI=1S/C19H12ClF3N2O2/c20-17-8-3-12(10-16(17)13-2-1-9-24-11-13)18(26)25-14-4-6-15(7-5-14)27-19(21,22)23/h1-11H,(H,25,26). The molecule has 2 aromatic carbocycles. The van der Waals surface area contributed by atoms with Gasteiger partial charge in [0.15, 0.2) is 0 Å². The summed E-state index contributed by atoms with van der Waals surface area (Å²) in [5.74, 6) is -0.799. The minimum atomic E-state index is -4.77. The van der Waals surface area contributed by atoms with Crippen LogP contribution >= 0.6 is 11.6 Å². The van der Waals surface area contributed by atoms with Gasteiger partial charge in [-0.15, -0.1) is 13.2 Å². The number of carbonyl (C=O) groups is 1. The highest BCUT2D eigenvalue weighted by Gasteiger charge is 2.30. The zero-order valence-corrected chi connectivity index (χ0v) is 14.4. The topological polar surface area (TPSA) is 51.2 Å². The second-order valence-electron chi connectivity index (χ2n) is 5.46. The smallest absolute Gasteiger partial charge is 0.406 e. The number of hydrogen-bond donors (Lipinski definition) is 1. The molecule has 0 radical (unpaired) electrons. The molecule has 1 aromatic heterocycles. The third-order valence-electron chi connectivity index (χ3n) is 3.55. The fraction of sp³-hybridized carbons (Fsp3) is 0.0526. The minimum absolute atomic E-state index is 0.326. The summed E-state index contributed by atoms with van der Waals surface area (Å²) in [6, 6.07) is 13.2. The summed E-state index contributed by atoms with van der Waals surface area (Å²) in [7, 11) is 0. The van der Waals surface area contributed by atoms with Crippen LogP contribution in [0.25, 0.3) is 11.1 Å². The van der Waals surface area contributed by atoms with E-state index in [1.165, 1.54) is 12.1 Å². The molecule has 0 aliphatic carbocycles. The Morgan fingerprint density at radius 1 is 1.07 bits per heavy atom. The van der Waals surface area contributed by atoms with Crippen LogP contribution in [0.3, 0.4) is 0 Å². The zero-order chi connectivity index (χ0) is 19.4. The van der Waals surface area contributed by atoms with Crippen LogP contribution in [0.2, 0.25) is 5.02 Å². The molecule has 0 unspecified atom stereocenters. The van der Waals surface area contributed by atoms with Crippen molar-refractivity contribution in [2.45, 2.75) is 6.36 Å². The Morgan fingerprint density at radius 3 is 2.44 bits per heavy atom. The Balaban J connectivity index is 1.77. The van der Waals surface area contributed by atoms with Crippen molar-refractivity contribution in [3.8, 4) is 16.9 Å². The van der Waals surface area contributed by atoms with Crippen LogP contribution in [0.5, 0.6) is 5.75 Å². The Hall–Kier alpha value is -3.06. The van der Waals surface area contributed by atoms with E-state index in [1.54, 1.807) is 36.7 Å². The number of alkyl halides is 3. The second kappa shape index (κ2) is 7.67. The molecule has 0 aliphatic heterocycles. The van der Waals surface area contributed by atoms with Crippen molar-refractivity contribution in [3.05, 3.63) is 77.6 Å². The fourth-order valence-electron chi connectivity index (χ4n) is 2.35. The maximum absolute atomic E-state index is 12.4. The highest BCUT2D eigenvalue weighted by molar-refractivity contribution is 6.33. The monoisotopic (exact) mass is 392 g/mol. The first-order valence-corrected chi connectivity index (χ1v) is 8.07. The maximum atomic E-state index is 12.4. The summed E-state index contributed by atoms with van der Waals surface area (Å²) >= 11 is 6.20. The Kier molecular flexibility index (Phi) is 5.32. The molecule has 3 aromatic rings. The summed E-state index contributed by atoms with van der Waals surface area (Å²) in [6.45, 7) is 0. The van der Waals surface area contributed by atoms with E-state index < -0.39 is 12.3 Å². The molecule has 1 heterocycles. The molecule has 8 heteroatoms. The molecule has 0 bridgehead atoms. The first-order valence-electron chi connectivity index (χ1n) is 7.69. The van der Waals surface area contributed by atoms with Gasteiger partial charge in [0, 0.05) is 39.8 Å². The van der Waals surface area contributed by atoms with Gasteiger partial charge in [-0.3, -0.25) is 9.78 Å². The van der Waals surface area contributed by atoms with Crippen LogP contribution in [0.4, 0.5) is 18.9 Å². The molecule has 1 N–H and O–H groups in total. The Morgan fingerprint density at radius 2 is 1.81 bits per heavy atom. The lowest BCUT2D eigenvalue weighted by molar-refractivity contribution is -0.274. The Labute approximate surface area is 157 Å². The SMILES string of the molecule is O=C(Nc1ccc(OC(F)(F)F)cc1)c1ccc(Cl)c(-c2cccnc2)c1. The number of halogens is 4. The van der Waals surface area contributed by atoms with Gasteiger partial charge in [-0.25, -0.2) is 0 Å². The zero-order valence-electron chi connectivity index (χ0n) is 13.6. The normalized spacial score (nSPS) is 11.1. The first-order chi connectivity index (χ1) is 12.8. The van der Waals surface area contributed by atoms with Gasteiger partial charge in [0.2, 0.25) is 0 Å². The predicted molar refractivity (Wildman–Crippen MR) is 95.8 cm³/mol. The number of carbonyl (C=O) groups excluding carboxylic acids is 1. The molecule has 0 saturated carbocycles. The molecule has 0 spiro atoms. The number of aromatic nitrogens is 1. The molecular weight excluding hydrogens is 381 g/mol. The lowest BCUT2D eigenvalue weighted by Crippen LogP contribution is -2.17. The highest BCUT2D eigenvalue weighted by Crippen LogP contribution is 2.29. The average Bonchev–Trinajstić information content (AvgIpc) is 2.63. The number of benzene rings is 2. The molecule has 138 valence electrons. The molecule has 0 saturated heterocycles. The molecule has 0 aliphatic rings. The average molecular weight is 393 g/mol. The predicted octanol–water partition coefficient (Wildman–Crippen LogP) is 5.55. The summed E-state index contributed by atoms with van der Waals surface area (Å²) in [5, 5.41) is 3.08. The van der Waals surface area contributed by atoms with Crippen molar-refractivity contribution in [2.24, 2.45) is 0 Å². The van der Waals surface area contributed by atoms with Crippen LogP contribution in [0, 0.1) is 0 Å². The number of nitrogens with one attached hydrogen (secondary N) is 1. The van der Waals surface area contributed by atoms with Gasteiger partial charge in [-0.05, 0) is 48.5 Å². The largest absolute Gasteiger partial charge is 0.573 e.